The number of hydrogen-bond acceptors (Lipinski definition) is 4. The first-order valence-corrected chi connectivity index (χ1v) is 6.44. The topological polar surface area (TPSA) is 52.0 Å². The van der Waals surface area contributed by atoms with Crippen LogP contribution < -0.4 is 10.1 Å². The van der Waals surface area contributed by atoms with Crippen LogP contribution in [0.2, 0.25) is 0 Å². The minimum absolute atomic E-state index is 0.0451. The normalized spacial score (nSPS) is 12.4. The maximum absolute atomic E-state index is 5.23. The van der Waals surface area contributed by atoms with E-state index in [4.69, 9.17) is 4.74 Å². The Kier molecular flexibility index (Phi) is 4.52. The van der Waals surface area contributed by atoms with Gasteiger partial charge >= 0.3 is 0 Å². The van der Waals surface area contributed by atoms with E-state index in [0.29, 0.717) is 0 Å². The van der Waals surface area contributed by atoms with Crippen molar-refractivity contribution in [1.82, 2.24) is 19.9 Å². The van der Waals surface area contributed by atoms with Crippen molar-refractivity contribution >= 4 is 0 Å². The van der Waals surface area contributed by atoms with Gasteiger partial charge in [0.15, 0.2) is 0 Å². The van der Waals surface area contributed by atoms with Crippen molar-refractivity contribution in [3.63, 3.8) is 0 Å². The number of methoxy groups -OCH3 is 1. The van der Waals surface area contributed by atoms with Gasteiger partial charge in [0.05, 0.1) is 31.4 Å². The van der Waals surface area contributed by atoms with E-state index >= 15 is 0 Å². The predicted molar refractivity (Wildman–Crippen MR) is 74.1 cm³/mol. The maximum Gasteiger partial charge on any atom is 0.137 e. The Morgan fingerprint density at radius 2 is 2.26 bits per heavy atom. The van der Waals surface area contributed by atoms with Crippen LogP contribution in [0.3, 0.4) is 0 Å². The number of aromatic nitrogens is 3. The van der Waals surface area contributed by atoms with Crippen molar-refractivity contribution in [2.24, 2.45) is 7.05 Å². The summed E-state index contributed by atoms with van der Waals surface area (Å²) >= 11 is 0. The molecule has 19 heavy (non-hydrogen) atoms. The van der Waals surface area contributed by atoms with Crippen LogP contribution >= 0.6 is 0 Å². The third kappa shape index (κ3) is 3.32. The van der Waals surface area contributed by atoms with Gasteiger partial charge in [0.25, 0.3) is 0 Å². The second-order valence-electron chi connectivity index (χ2n) is 4.51. The predicted octanol–water partition coefficient (Wildman–Crippen LogP) is 1.91. The second kappa shape index (κ2) is 6.33. The molecule has 0 radical (unpaired) electrons. The summed E-state index contributed by atoms with van der Waals surface area (Å²) in [6.45, 7) is 3.07. The van der Waals surface area contributed by atoms with Crippen LogP contribution in [0.15, 0.2) is 31.0 Å². The van der Waals surface area contributed by atoms with Crippen LogP contribution in [-0.4, -0.2) is 28.2 Å². The third-order valence-electron chi connectivity index (χ3n) is 2.92. The van der Waals surface area contributed by atoms with Crippen molar-refractivity contribution in [3.05, 3.63) is 42.2 Å². The fourth-order valence-electron chi connectivity index (χ4n) is 1.97. The molecular weight excluding hydrogens is 240 g/mol. The first kappa shape index (κ1) is 13.5. The van der Waals surface area contributed by atoms with E-state index in [1.807, 2.05) is 36.4 Å². The summed E-state index contributed by atoms with van der Waals surface area (Å²) < 4.78 is 7.18. The lowest BCUT2D eigenvalue weighted by Crippen LogP contribution is -2.23. The number of imidazole rings is 1. The number of pyridine rings is 1. The summed E-state index contributed by atoms with van der Waals surface area (Å²) in [5.74, 6) is 0.761. The van der Waals surface area contributed by atoms with Gasteiger partial charge in [0.1, 0.15) is 5.75 Å². The Hall–Kier alpha value is -1.88. The number of nitrogens with one attached hydrogen (secondary N) is 1. The summed E-state index contributed by atoms with van der Waals surface area (Å²) in [4.78, 5) is 8.65. The molecule has 0 saturated heterocycles. The SMILES string of the molecule is CCCNC(c1cncc(OC)c1)c1cn(C)cn1. The average molecular weight is 260 g/mol. The van der Waals surface area contributed by atoms with Gasteiger partial charge in [-0.15, -0.1) is 0 Å². The first-order valence-electron chi connectivity index (χ1n) is 6.44. The zero-order chi connectivity index (χ0) is 13.7. The van der Waals surface area contributed by atoms with Gasteiger partial charge in [-0.2, -0.15) is 0 Å². The molecule has 2 aromatic rings. The molecule has 0 aromatic carbocycles. The largest absolute Gasteiger partial charge is 0.495 e. The minimum atomic E-state index is 0.0451. The zero-order valence-electron chi connectivity index (χ0n) is 11.6. The molecule has 1 unspecified atom stereocenters. The molecule has 2 rings (SSSR count). The van der Waals surface area contributed by atoms with E-state index in [2.05, 4.69) is 22.2 Å². The summed E-state index contributed by atoms with van der Waals surface area (Å²) in [6.07, 6.45) is 8.46. The molecule has 1 atom stereocenters. The van der Waals surface area contributed by atoms with Crippen molar-refractivity contribution in [3.8, 4) is 5.75 Å². The Morgan fingerprint density at radius 3 is 2.89 bits per heavy atom. The lowest BCUT2D eigenvalue weighted by Gasteiger charge is -2.17. The van der Waals surface area contributed by atoms with Crippen molar-refractivity contribution < 1.29 is 4.74 Å². The summed E-state index contributed by atoms with van der Waals surface area (Å²) in [5.41, 5.74) is 2.05. The van der Waals surface area contributed by atoms with E-state index in [0.717, 1.165) is 30.0 Å². The van der Waals surface area contributed by atoms with Gasteiger partial charge < -0.3 is 14.6 Å². The number of ether oxygens (including phenoxy) is 1. The van der Waals surface area contributed by atoms with Gasteiger partial charge in [0, 0.05) is 19.4 Å². The lowest BCUT2D eigenvalue weighted by atomic mass is 10.1. The fourth-order valence-corrected chi connectivity index (χ4v) is 1.97. The average Bonchev–Trinajstić information content (AvgIpc) is 2.86. The monoisotopic (exact) mass is 260 g/mol. The molecule has 2 aromatic heterocycles. The van der Waals surface area contributed by atoms with Crippen molar-refractivity contribution in [2.75, 3.05) is 13.7 Å². The maximum atomic E-state index is 5.23. The van der Waals surface area contributed by atoms with E-state index in [-0.39, 0.29) is 6.04 Å². The van der Waals surface area contributed by atoms with Gasteiger partial charge in [-0.1, -0.05) is 6.92 Å². The summed E-state index contributed by atoms with van der Waals surface area (Å²) in [6, 6.07) is 2.04. The number of nitrogens with zero attached hydrogens (tertiary/aromatic N) is 3. The molecule has 0 aliphatic rings. The molecular formula is C14H20N4O. The van der Waals surface area contributed by atoms with Crippen molar-refractivity contribution in [1.29, 1.82) is 0 Å². The Morgan fingerprint density at radius 1 is 1.42 bits per heavy atom. The molecule has 102 valence electrons. The van der Waals surface area contributed by atoms with Gasteiger partial charge in [-0.25, -0.2) is 4.98 Å². The zero-order valence-corrected chi connectivity index (χ0v) is 11.6. The molecule has 5 heteroatoms. The quantitative estimate of drug-likeness (QED) is 0.862. The molecule has 0 fully saturated rings. The van der Waals surface area contributed by atoms with Crippen LogP contribution in [0.25, 0.3) is 0 Å². The van der Waals surface area contributed by atoms with Gasteiger partial charge in [-0.3, -0.25) is 4.98 Å². The van der Waals surface area contributed by atoms with E-state index in [1.165, 1.54) is 0 Å². The van der Waals surface area contributed by atoms with E-state index in [9.17, 15) is 0 Å². The first-order chi connectivity index (χ1) is 9.24. The highest BCUT2D eigenvalue weighted by atomic mass is 16.5. The van der Waals surface area contributed by atoms with E-state index < -0.39 is 0 Å². The third-order valence-corrected chi connectivity index (χ3v) is 2.92. The van der Waals surface area contributed by atoms with Gasteiger partial charge in [-0.05, 0) is 24.6 Å². The molecule has 0 spiro atoms. The minimum Gasteiger partial charge on any atom is -0.495 e. The fraction of sp³-hybridized carbons (Fsp3) is 0.429. The molecule has 0 saturated carbocycles. The van der Waals surface area contributed by atoms with Crippen LogP contribution in [0, 0.1) is 0 Å². The Labute approximate surface area is 113 Å². The second-order valence-corrected chi connectivity index (χ2v) is 4.51. The summed E-state index contributed by atoms with van der Waals surface area (Å²) in [7, 11) is 3.62. The molecule has 5 nitrogen and oxygen atoms in total. The highest BCUT2D eigenvalue weighted by Crippen LogP contribution is 2.22. The molecule has 2 heterocycles. The Balaban J connectivity index is 2.30. The van der Waals surface area contributed by atoms with Crippen molar-refractivity contribution in [2.45, 2.75) is 19.4 Å². The molecule has 0 aliphatic carbocycles. The Bertz CT molecular complexity index is 524. The molecule has 0 aliphatic heterocycles. The highest BCUT2D eigenvalue weighted by molar-refractivity contribution is 5.30. The molecule has 1 N–H and O–H groups in total. The van der Waals surface area contributed by atoms with Crippen LogP contribution in [0.4, 0.5) is 0 Å². The lowest BCUT2D eigenvalue weighted by molar-refractivity contribution is 0.411. The molecule has 0 bridgehead atoms. The number of aryl methyl sites for hydroxylation is 1. The number of rotatable bonds is 6. The van der Waals surface area contributed by atoms with Crippen LogP contribution in [0.1, 0.15) is 30.6 Å². The van der Waals surface area contributed by atoms with Crippen LogP contribution in [0.5, 0.6) is 5.75 Å². The van der Waals surface area contributed by atoms with Gasteiger partial charge in [0.2, 0.25) is 0 Å². The summed E-state index contributed by atoms with van der Waals surface area (Å²) in [5, 5.41) is 3.50. The van der Waals surface area contributed by atoms with Crippen LogP contribution in [-0.2, 0) is 7.05 Å². The molecule has 0 amide bonds. The van der Waals surface area contributed by atoms with E-state index in [1.54, 1.807) is 13.3 Å². The standard InChI is InChI=1S/C14H20N4O/c1-4-5-16-14(13-9-18(2)10-17-13)11-6-12(19-3)8-15-7-11/h6-10,14,16H,4-5H2,1-3H3. The highest BCUT2D eigenvalue weighted by Gasteiger charge is 2.16. The number of hydrogen-bond donors (Lipinski definition) is 1. The smallest absolute Gasteiger partial charge is 0.137 e.